The molecule has 0 saturated carbocycles. The molecule has 1 N–H and O–H groups in total. The number of amides is 1. The molecule has 0 bridgehead atoms. The predicted molar refractivity (Wildman–Crippen MR) is 104 cm³/mol. The minimum Gasteiger partial charge on any atom is -0.497 e. The van der Waals surface area contributed by atoms with E-state index >= 15 is 0 Å². The fourth-order valence-electron chi connectivity index (χ4n) is 3.90. The molecule has 2 atom stereocenters. The van der Waals surface area contributed by atoms with Gasteiger partial charge in [0.05, 0.1) is 12.5 Å². The average molecular weight is 364 g/mol. The zero-order chi connectivity index (χ0) is 18.1. The van der Waals surface area contributed by atoms with Crippen LogP contribution in [0.25, 0.3) is 0 Å². The van der Waals surface area contributed by atoms with Gasteiger partial charge in [-0.15, -0.1) is 11.3 Å². The number of carbonyl (C=O) groups is 1. The lowest BCUT2D eigenvalue weighted by Gasteiger charge is -2.31. The first kappa shape index (κ1) is 16.8. The summed E-state index contributed by atoms with van der Waals surface area (Å²) in [6, 6.07) is 16.3. The number of carbonyl (C=O) groups excluding carboxylic acids is 1. The van der Waals surface area contributed by atoms with Crippen LogP contribution in [0.5, 0.6) is 5.75 Å². The Kier molecular flexibility index (Phi) is 4.24. The molecule has 4 rings (SSSR count). The minimum atomic E-state index is -0.579. The van der Waals surface area contributed by atoms with Crippen LogP contribution in [0.3, 0.4) is 0 Å². The van der Waals surface area contributed by atoms with Crippen LogP contribution in [0.4, 0.5) is 5.13 Å². The molecule has 1 aromatic heterocycles. The number of hydrogen-bond donors (Lipinski definition) is 1. The van der Waals surface area contributed by atoms with Crippen molar-refractivity contribution in [2.24, 2.45) is 5.41 Å². The number of nitrogens with zero attached hydrogens (tertiary/aromatic N) is 1. The lowest BCUT2D eigenvalue weighted by Crippen LogP contribution is -2.37. The maximum absolute atomic E-state index is 13.2. The molecular weight excluding hydrogens is 344 g/mol. The molecule has 0 radical (unpaired) electrons. The molecule has 0 aliphatic heterocycles. The Hall–Kier alpha value is -2.66. The number of benzene rings is 2. The maximum Gasteiger partial charge on any atom is 0.233 e. The lowest BCUT2D eigenvalue weighted by molar-refractivity contribution is -0.125. The van der Waals surface area contributed by atoms with E-state index in [2.05, 4.69) is 34.6 Å². The summed E-state index contributed by atoms with van der Waals surface area (Å²) in [5.74, 6) is 0.808. The van der Waals surface area contributed by atoms with Crippen molar-refractivity contribution in [2.75, 3.05) is 12.4 Å². The first-order chi connectivity index (χ1) is 12.6. The quantitative estimate of drug-likeness (QED) is 0.742. The molecule has 26 heavy (non-hydrogen) atoms. The van der Waals surface area contributed by atoms with E-state index in [-0.39, 0.29) is 11.8 Å². The summed E-state index contributed by atoms with van der Waals surface area (Å²) in [6.45, 7) is 2.05. The second-order valence-corrected chi connectivity index (χ2v) is 7.69. The van der Waals surface area contributed by atoms with E-state index in [0.29, 0.717) is 11.6 Å². The van der Waals surface area contributed by atoms with E-state index < -0.39 is 5.41 Å². The highest BCUT2D eigenvalue weighted by atomic mass is 32.1. The van der Waals surface area contributed by atoms with Crippen LogP contribution in [0, 0.1) is 5.41 Å². The number of rotatable bonds is 4. The Morgan fingerprint density at radius 3 is 2.69 bits per heavy atom. The topological polar surface area (TPSA) is 51.2 Å². The van der Waals surface area contributed by atoms with Crippen molar-refractivity contribution >= 4 is 22.4 Å². The minimum absolute atomic E-state index is 0.00414. The van der Waals surface area contributed by atoms with Gasteiger partial charge in [-0.2, -0.15) is 0 Å². The number of aromatic nitrogens is 1. The van der Waals surface area contributed by atoms with Gasteiger partial charge in [0.2, 0.25) is 5.91 Å². The molecule has 0 unspecified atom stereocenters. The summed E-state index contributed by atoms with van der Waals surface area (Å²) in [6.07, 6.45) is 2.41. The highest BCUT2D eigenvalue weighted by Crippen LogP contribution is 2.51. The molecule has 2 aromatic carbocycles. The van der Waals surface area contributed by atoms with Crippen molar-refractivity contribution in [2.45, 2.75) is 19.3 Å². The summed E-state index contributed by atoms with van der Waals surface area (Å²) >= 11 is 1.44. The van der Waals surface area contributed by atoms with E-state index in [9.17, 15) is 4.79 Å². The molecule has 5 heteroatoms. The third kappa shape index (κ3) is 2.78. The highest BCUT2D eigenvalue weighted by Gasteiger charge is 2.48. The maximum atomic E-state index is 13.2. The molecule has 4 nitrogen and oxygen atoms in total. The van der Waals surface area contributed by atoms with Crippen molar-refractivity contribution in [3.05, 3.63) is 76.8 Å². The second-order valence-electron chi connectivity index (χ2n) is 6.79. The third-order valence-corrected chi connectivity index (χ3v) is 5.87. The van der Waals surface area contributed by atoms with Crippen molar-refractivity contribution in [1.29, 1.82) is 0 Å². The zero-order valence-corrected chi connectivity index (χ0v) is 15.5. The second kappa shape index (κ2) is 6.57. The molecule has 1 amide bonds. The third-order valence-electron chi connectivity index (χ3n) is 5.18. The Labute approximate surface area is 156 Å². The summed E-state index contributed by atoms with van der Waals surface area (Å²) in [5, 5.41) is 5.51. The predicted octanol–water partition coefficient (Wildman–Crippen LogP) is 4.48. The van der Waals surface area contributed by atoms with Gasteiger partial charge in [0.1, 0.15) is 5.75 Å². The molecule has 0 spiro atoms. The Morgan fingerprint density at radius 1 is 1.23 bits per heavy atom. The molecule has 1 aliphatic carbocycles. The molecule has 3 aromatic rings. The van der Waals surface area contributed by atoms with E-state index in [1.54, 1.807) is 13.3 Å². The van der Waals surface area contributed by atoms with E-state index in [4.69, 9.17) is 4.74 Å². The van der Waals surface area contributed by atoms with Gasteiger partial charge >= 0.3 is 0 Å². The Balaban J connectivity index is 1.75. The number of thiazole rings is 1. The molecule has 1 aliphatic rings. The largest absolute Gasteiger partial charge is 0.497 e. The van der Waals surface area contributed by atoms with Gasteiger partial charge in [0.15, 0.2) is 5.13 Å². The van der Waals surface area contributed by atoms with Crippen molar-refractivity contribution < 1.29 is 9.53 Å². The van der Waals surface area contributed by atoms with Crippen LogP contribution >= 0.6 is 11.3 Å². The van der Waals surface area contributed by atoms with Crippen LogP contribution in [-0.4, -0.2) is 18.0 Å². The van der Waals surface area contributed by atoms with Crippen LogP contribution in [0.1, 0.15) is 29.5 Å². The lowest BCUT2D eigenvalue weighted by atomic mass is 9.73. The van der Waals surface area contributed by atoms with Gasteiger partial charge in [0.25, 0.3) is 0 Å². The highest BCUT2D eigenvalue weighted by molar-refractivity contribution is 7.13. The van der Waals surface area contributed by atoms with Crippen molar-refractivity contribution in [3.8, 4) is 5.75 Å². The summed E-state index contributed by atoms with van der Waals surface area (Å²) in [5.41, 5.74) is 2.98. The van der Waals surface area contributed by atoms with E-state index in [1.165, 1.54) is 22.5 Å². The van der Waals surface area contributed by atoms with Crippen molar-refractivity contribution in [3.63, 3.8) is 0 Å². The SMILES string of the molecule is COc1ccc([C@@H]2c3ccccc3C[C@]2(C)C(=O)Nc2nccs2)cc1. The van der Waals surface area contributed by atoms with Gasteiger partial charge in [-0.1, -0.05) is 36.4 Å². The Morgan fingerprint density at radius 2 is 2.00 bits per heavy atom. The molecule has 0 saturated heterocycles. The zero-order valence-electron chi connectivity index (χ0n) is 14.7. The van der Waals surface area contributed by atoms with Crippen LogP contribution in [0.15, 0.2) is 60.1 Å². The fraction of sp³-hybridized carbons (Fsp3) is 0.238. The van der Waals surface area contributed by atoms with Crippen LogP contribution in [0.2, 0.25) is 0 Å². The van der Waals surface area contributed by atoms with Gasteiger partial charge in [0, 0.05) is 17.5 Å². The number of methoxy groups -OCH3 is 1. The van der Waals surface area contributed by atoms with Crippen molar-refractivity contribution in [1.82, 2.24) is 4.98 Å². The normalized spacial score (nSPS) is 21.2. The molecule has 0 fully saturated rings. The van der Waals surface area contributed by atoms with Gasteiger partial charge in [-0.05, 0) is 42.2 Å². The first-order valence-corrected chi connectivity index (χ1v) is 9.42. The number of nitrogens with one attached hydrogen (secondary N) is 1. The molecule has 132 valence electrons. The smallest absolute Gasteiger partial charge is 0.233 e. The van der Waals surface area contributed by atoms with E-state index in [0.717, 1.165) is 11.3 Å². The van der Waals surface area contributed by atoms with E-state index in [1.807, 2.05) is 36.6 Å². The standard InChI is InChI=1S/C21H20N2O2S/c1-21(19(24)23-20-22-11-12-26-20)13-15-5-3-4-6-17(15)18(21)14-7-9-16(25-2)10-8-14/h3-12,18H,13H2,1-2H3,(H,22,23,24)/t18-,21+/m1/s1. The van der Waals surface area contributed by atoms with Gasteiger partial charge < -0.3 is 10.1 Å². The Bertz CT molecular complexity index is 921. The van der Waals surface area contributed by atoms with Gasteiger partial charge in [-0.25, -0.2) is 4.98 Å². The average Bonchev–Trinajstić information content (AvgIpc) is 3.27. The van der Waals surface area contributed by atoms with Crippen LogP contribution < -0.4 is 10.1 Å². The summed E-state index contributed by atoms with van der Waals surface area (Å²) < 4.78 is 5.28. The monoisotopic (exact) mass is 364 g/mol. The number of hydrogen-bond acceptors (Lipinski definition) is 4. The number of fused-ring (bicyclic) bond motifs is 1. The summed E-state index contributed by atoms with van der Waals surface area (Å²) in [4.78, 5) is 17.4. The number of ether oxygens (including phenoxy) is 1. The molecular formula is C21H20N2O2S. The first-order valence-electron chi connectivity index (χ1n) is 8.54. The number of anilines is 1. The van der Waals surface area contributed by atoms with Crippen LogP contribution in [-0.2, 0) is 11.2 Å². The molecule has 1 heterocycles. The summed E-state index contributed by atoms with van der Waals surface area (Å²) in [7, 11) is 1.66. The fourth-order valence-corrected chi connectivity index (χ4v) is 4.42. The van der Waals surface area contributed by atoms with Gasteiger partial charge in [-0.3, -0.25) is 4.79 Å².